The number of anilines is 3. The van der Waals surface area contributed by atoms with Gasteiger partial charge in [-0.2, -0.15) is 10.2 Å². The van der Waals surface area contributed by atoms with Crippen LogP contribution in [0.5, 0.6) is 0 Å². The monoisotopic (exact) mass is 1670 g/mol. The summed E-state index contributed by atoms with van der Waals surface area (Å²) < 4.78 is 22.0. The molecule has 0 atom stereocenters. The first kappa shape index (κ1) is 83.4. The highest BCUT2D eigenvalue weighted by molar-refractivity contribution is 5.85. The van der Waals surface area contributed by atoms with Gasteiger partial charge in [0, 0.05) is 162 Å². The molecular weight excluding hydrogens is 1570 g/mol. The maximum Gasteiger partial charge on any atom is 0.258 e. The Morgan fingerprint density at radius 1 is 0.355 bits per heavy atom. The third kappa shape index (κ3) is 17.8. The molecule has 32 nitrogen and oxygen atoms in total. The fourth-order valence-electron chi connectivity index (χ4n) is 17.5. The number of rotatable bonds is 15. The van der Waals surface area contributed by atoms with Crippen LogP contribution in [0, 0.1) is 55.4 Å². The number of nitrogens with zero attached hydrogens (tertiary/aromatic N) is 23. The molecule has 4 fully saturated rings. The molecule has 20 rings (SSSR count). The predicted octanol–water partition coefficient (Wildman–Crippen LogP) is 9.21. The summed E-state index contributed by atoms with van der Waals surface area (Å²) in [6, 6.07) is 34.1. The molecule has 4 saturated heterocycles. The Kier molecular flexibility index (Phi) is 23.9. The van der Waals surface area contributed by atoms with Crippen LogP contribution in [-0.2, 0) is 0 Å². The van der Waals surface area contributed by atoms with Gasteiger partial charge in [0.2, 0.25) is 0 Å². The molecule has 4 aliphatic rings. The van der Waals surface area contributed by atoms with Gasteiger partial charge in [-0.25, -0.2) is 29.0 Å². The number of hydrogen-bond donors (Lipinski definition) is 3. The van der Waals surface area contributed by atoms with Gasteiger partial charge < -0.3 is 48.7 Å². The molecule has 0 saturated carbocycles. The highest BCUT2D eigenvalue weighted by Gasteiger charge is 2.27. The molecule has 32 heteroatoms. The van der Waals surface area contributed by atoms with Crippen LogP contribution in [0.15, 0.2) is 174 Å². The van der Waals surface area contributed by atoms with Crippen molar-refractivity contribution in [1.82, 2.24) is 96.3 Å². The second-order valence-corrected chi connectivity index (χ2v) is 33.0. The zero-order valence-corrected chi connectivity index (χ0v) is 71.6. The first-order chi connectivity index (χ1) is 59.9. The molecule has 16 aromatic heterocycles. The van der Waals surface area contributed by atoms with Crippen LogP contribution in [-0.4, -0.2) is 250 Å². The molecule has 16 aromatic rings. The van der Waals surface area contributed by atoms with Crippen LogP contribution < -0.4 is 36.9 Å². The van der Waals surface area contributed by atoms with Crippen molar-refractivity contribution in [3.8, 4) is 45.7 Å². The number of pyridine rings is 6. The highest BCUT2D eigenvalue weighted by Crippen LogP contribution is 2.34. The summed E-state index contributed by atoms with van der Waals surface area (Å²) >= 11 is 0. The van der Waals surface area contributed by atoms with E-state index in [9.17, 15) is 19.2 Å². The van der Waals surface area contributed by atoms with E-state index < -0.39 is 0 Å². The molecule has 0 unspecified atom stereocenters. The zero-order valence-electron chi connectivity index (χ0n) is 71.6. The van der Waals surface area contributed by atoms with E-state index in [1.807, 2.05) is 165 Å². The van der Waals surface area contributed by atoms with Crippen LogP contribution in [0.4, 0.5) is 17.1 Å². The predicted molar refractivity (Wildman–Crippen MR) is 480 cm³/mol. The van der Waals surface area contributed by atoms with Gasteiger partial charge in [0.1, 0.15) is 45.4 Å². The molecule has 0 radical (unpaired) electrons. The number of likely N-dealkylation sites (tertiary alicyclic amines) is 1. The minimum Gasteiger partial charge on any atom is -0.453 e. The number of hydrogen-bond acceptors (Lipinski definition) is 26. The third-order valence-electron chi connectivity index (χ3n) is 24.1. The average Bonchev–Trinajstić information content (AvgIpc) is 1.54. The third-order valence-corrected chi connectivity index (χ3v) is 24.1. The lowest BCUT2D eigenvalue weighted by Gasteiger charge is -2.36. The Hall–Kier alpha value is -12.8. The van der Waals surface area contributed by atoms with Crippen LogP contribution in [0.3, 0.4) is 0 Å². The molecule has 0 aromatic carbocycles. The molecule has 0 spiro atoms. The zero-order chi connectivity index (χ0) is 86.3. The van der Waals surface area contributed by atoms with Crippen molar-refractivity contribution in [3.63, 3.8) is 0 Å². The topological polar surface area (TPSA) is 333 Å². The lowest BCUT2D eigenvalue weighted by molar-refractivity contribution is 0.164. The first-order valence-corrected chi connectivity index (χ1v) is 42.4. The normalized spacial score (nSPS) is 15.5. The van der Waals surface area contributed by atoms with Gasteiger partial charge in [-0.3, -0.25) is 66.5 Å². The van der Waals surface area contributed by atoms with Gasteiger partial charge in [0.15, 0.2) is 22.7 Å². The molecule has 4 aliphatic heterocycles. The summed E-state index contributed by atoms with van der Waals surface area (Å²) in [5, 5.41) is 38.5. The smallest absolute Gasteiger partial charge is 0.258 e. The van der Waals surface area contributed by atoms with E-state index in [0.29, 0.717) is 93.3 Å². The van der Waals surface area contributed by atoms with E-state index >= 15 is 0 Å². The number of fused-ring (bicyclic) bond motifs is 8. The van der Waals surface area contributed by atoms with Crippen molar-refractivity contribution in [1.29, 1.82) is 0 Å². The van der Waals surface area contributed by atoms with Gasteiger partial charge >= 0.3 is 0 Å². The Morgan fingerprint density at radius 3 is 1.10 bits per heavy atom. The van der Waals surface area contributed by atoms with Gasteiger partial charge in [-0.05, 0) is 199 Å². The average molecular weight is 1670 g/mol. The fourth-order valence-corrected chi connectivity index (χ4v) is 17.5. The number of piperidine rings is 2. The summed E-state index contributed by atoms with van der Waals surface area (Å²) in [7, 11) is 4.28. The molecular formula is C92H103N23O9. The standard InChI is InChI=1S/C24H27N5O2.C23H26N6O2.C23H25N5O3.C22H25N7O2/c1-15-11-17-12-21(31-24(17)16(2)25-15)20-13-23(30)29-14-19(5-6-22(29)26-20)28-9-7-18(8-10-28)27(3)4;1-15-13-29-21(16(2)24-15)11-20(26-29)19-12-23(31)28-14-18(3-4-22(28)25-19)17-5-7-27(8-6-17)9-10-30;1-15-11-17-12-20(31-23(17)16(2)24-15)19-13-22(30)28-14-18(3-4-21(28)25-19)27-7-5-26(6-8-27)9-10-29;1-15-13-29-20(16(2)23-15)11-19(25-29)18-12-22(31)28-14-17(3-4-21(28)24-18)27-7-5-26(6-8-27)9-10-30/h5-6,11-14,18H,7-10H2,1-4H3;3-4,11-14,17,30H,5-10H2,1-2H3;3-4,11-14,29H,5-10H2,1-2H3;3-4,11-14,30H,5-10H2,1-2H3. The van der Waals surface area contributed by atoms with Crippen molar-refractivity contribution < 1.29 is 24.2 Å². The number of aliphatic hydroxyl groups is 3. The fraction of sp³-hybridized carbons (Fsp3) is 0.370. The summed E-state index contributed by atoms with van der Waals surface area (Å²) in [5.74, 6) is 1.57. The van der Waals surface area contributed by atoms with E-state index in [0.717, 1.165) is 212 Å². The summed E-state index contributed by atoms with van der Waals surface area (Å²) in [5.41, 5.74) is 19.9. The van der Waals surface area contributed by atoms with Crippen molar-refractivity contribution in [2.75, 3.05) is 147 Å². The molecule has 640 valence electrons. The Labute approximate surface area is 713 Å². The van der Waals surface area contributed by atoms with Crippen LogP contribution in [0.25, 0.3) is 101 Å². The summed E-state index contributed by atoms with van der Waals surface area (Å²) in [6.07, 6.45) is 15.6. The van der Waals surface area contributed by atoms with Gasteiger partial charge in [-0.15, -0.1) is 0 Å². The lowest BCUT2D eigenvalue weighted by atomic mass is 9.90. The van der Waals surface area contributed by atoms with Crippen molar-refractivity contribution >= 4 is 72.6 Å². The Balaban J connectivity index is 0.000000117. The van der Waals surface area contributed by atoms with Crippen molar-refractivity contribution in [2.24, 2.45) is 0 Å². The summed E-state index contributed by atoms with van der Waals surface area (Å²) in [6.45, 7) is 29.1. The van der Waals surface area contributed by atoms with Gasteiger partial charge in [0.05, 0.1) is 106 Å². The van der Waals surface area contributed by atoms with Crippen molar-refractivity contribution in [2.45, 2.75) is 93.0 Å². The van der Waals surface area contributed by atoms with Gasteiger partial charge in [0.25, 0.3) is 22.2 Å². The SMILES string of the molecule is Cc1cc2cc(-c3cc(=O)n4cc(N5CCC(N(C)C)CC5)ccc4n3)oc2c(C)n1.Cc1cc2cc(-c3cc(=O)n4cc(N5CCN(CCO)CC5)ccc4n3)oc2c(C)n1.Cc1cn2nc(-c3cc(=O)n4cc(C5CCN(CCO)CC5)ccc4n3)cc2c(C)n1.Cc1cn2nc(-c3cc(=O)n4cc(N5CCN(CCO)CC5)ccc4n3)cc2c(C)n1. The number of β-amino-alcohol motifs (C(OH)–C–C–N with tert-alkyl or cyclic N) is 3. The minimum absolute atomic E-state index is 0.109. The van der Waals surface area contributed by atoms with Gasteiger partial charge in [-0.1, -0.05) is 6.07 Å². The largest absolute Gasteiger partial charge is 0.453 e. The molecule has 0 amide bonds. The second-order valence-electron chi connectivity index (χ2n) is 33.0. The number of furan rings is 2. The number of aryl methyl sites for hydroxylation is 8. The number of aliphatic hydroxyl groups excluding tert-OH is 3. The molecule has 20 heterocycles. The van der Waals surface area contributed by atoms with E-state index in [1.54, 1.807) is 38.8 Å². The van der Waals surface area contributed by atoms with Crippen molar-refractivity contribution in [3.05, 3.63) is 239 Å². The lowest BCUT2D eigenvalue weighted by Crippen LogP contribution is -2.47. The Morgan fingerprint density at radius 2 is 0.710 bits per heavy atom. The molecule has 0 aliphatic carbocycles. The quantitative estimate of drug-likeness (QED) is 0.0860. The minimum atomic E-state index is -0.146. The Bertz CT molecular complexity index is 6440. The number of aromatic nitrogens is 16. The van der Waals surface area contributed by atoms with Crippen LogP contribution in [0.1, 0.15) is 82.7 Å². The maximum atomic E-state index is 12.9. The molecule has 3 N–H and O–H groups in total. The maximum absolute atomic E-state index is 12.9. The van der Waals surface area contributed by atoms with E-state index in [2.05, 4.69) is 101 Å². The highest BCUT2D eigenvalue weighted by atomic mass is 16.3. The van der Waals surface area contributed by atoms with Crippen LogP contribution in [0.2, 0.25) is 0 Å². The van der Waals surface area contributed by atoms with Crippen LogP contribution >= 0.6 is 0 Å². The first-order valence-electron chi connectivity index (χ1n) is 42.4. The second kappa shape index (κ2) is 35.6. The van der Waals surface area contributed by atoms with E-state index in [-0.39, 0.29) is 42.1 Å². The molecule has 124 heavy (non-hydrogen) atoms. The number of piperazine rings is 2. The van der Waals surface area contributed by atoms with E-state index in [1.165, 1.54) is 12.1 Å². The summed E-state index contributed by atoms with van der Waals surface area (Å²) in [4.78, 5) is 104. The van der Waals surface area contributed by atoms with E-state index in [4.69, 9.17) is 34.1 Å². The molecule has 0 bridgehead atoms.